The van der Waals surface area contributed by atoms with E-state index in [9.17, 15) is 13.6 Å². The lowest BCUT2D eigenvalue weighted by atomic mass is 10.1. The van der Waals surface area contributed by atoms with Gasteiger partial charge in [-0.25, -0.2) is 18.6 Å². The zero-order valence-corrected chi connectivity index (χ0v) is 7.24. The van der Waals surface area contributed by atoms with Gasteiger partial charge in [-0.2, -0.15) is 5.26 Å². The molecule has 5 nitrogen and oxygen atoms in total. The van der Waals surface area contributed by atoms with Crippen LogP contribution in [-0.4, -0.2) is 16.1 Å². The monoisotopic (exact) mass is 213 g/mol. The largest absolute Gasteiger partial charge is 0.476 e. The zero-order chi connectivity index (χ0) is 11.6. The van der Waals surface area contributed by atoms with Gasteiger partial charge in [0, 0.05) is 0 Å². The molecule has 0 saturated carbocycles. The van der Waals surface area contributed by atoms with Crippen molar-refractivity contribution in [3.63, 3.8) is 0 Å². The number of anilines is 1. The first-order chi connectivity index (χ1) is 6.97. The van der Waals surface area contributed by atoms with Crippen molar-refractivity contribution in [2.45, 2.75) is 6.43 Å². The van der Waals surface area contributed by atoms with E-state index in [1.807, 2.05) is 0 Å². The third kappa shape index (κ3) is 1.99. The number of carboxylic acids is 1. The van der Waals surface area contributed by atoms with Crippen LogP contribution in [-0.2, 0) is 0 Å². The number of carbonyl (C=O) groups is 1. The molecule has 7 heteroatoms. The van der Waals surface area contributed by atoms with Crippen LogP contribution in [0.5, 0.6) is 0 Å². The fourth-order valence-electron chi connectivity index (χ4n) is 0.972. The number of nitrogen functional groups attached to an aromatic ring is 1. The molecule has 0 saturated heterocycles. The number of halogens is 2. The normalized spacial score (nSPS) is 10.0. The van der Waals surface area contributed by atoms with E-state index in [2.05, 4.69) is 4.98 Å². The maximum absolute atomic E-state index is 12.4. The molecule has 78 valence electrons. The number of rotatable bonds is 2. The molecular formula is C8H5F2N3O2. The van der Waals surface area contributed by atoms with Crippen LogP contribution in [0.2, 0.25) is 0 Å². The number of alkyl halides is 2. The number of nitrogens with two attached hydrogens (primary N) is 1. The highest BCUT2D eigenvalue weighted by molar-refractivity contribution is 5.88. The number of hydrogen-bond acceptors (Lipinski definition) is 4. The van der Waals surface area contributed by atoms with Crippen LogP contribution in [0.3, 0.4) is 0 Å². The summed E-state index contributed by atoms with van der Waals surface area (Å²) in [6.07, 6.45) is -3.00. The molecule has 0 fully saturated rings. The van der Waals surface area contributed by atoms with Gasteiger partial charge in [-0.3, -0.25) is 0 Å². The highest BCUT2D eigenvalue weighted by Crippen LogP contribution is 2.25. The van der Waals surface area contributed by atoms with Crippen molar-refractivity contribution in [2.75, 3.05) is 5.73 Å². The first-order valence-electron chi connectivity index (χ1n) is 3.69. The average Bonchev–Trinajstić information content (AvgIpc) is 2.16. The van der Waals surface area contributed by atoms with Gasteiger partial charge in [0.15, 0.2) is 11.4 Å². The molecule has 0 radical (unpaired) electrons. The van der Waals surface area contributed by atoms with E-state index in [0.29, 0.717) is 0 Å². The maximum Gasteiger partial charge on any atom is 0.355 e. The van der Waals surface area contributed by atoms with Crippen molar-refractivity contribution in [3.8, 4) is 6.07 Å². The van der Waals surface area contributed by atoms with Gasteiger partial charge >= 0.3 is 5.97 Å². The predicted molar refractivity (Wildman–Crippen MR) is 45.3 cm³/mol. The van der Waals surface area contributed by atoms with E-state index in [1.165, 1.54) is 6.07 Å². The zero-order valence-electron chi connectivity index (χ0n) is 7.24. The molecule has 1 heterocycles. The minimum absolute atomic E-state index is 0.266. The number of nitrogens with zero attached hydrogens (tertiary/aromatic N) is 2. The van der Waals surface area contributed by atoms with E-state index in [4.69, 9.17) is 16.1 Å². The van der Waals surface area contributed by atoms with Crippen LogP contribution in [0.15, 0.2) is 6.07 Å². The van der Waals surface area contributed by atoms with E-state index in [1.54, 1.807) is 0 Å². The van der Waals surface area contributed by atoms with Crippen molar-refractivity contribution < 1.29 is 18.7 Å². The highest BCUT2D eigenvalue weighted by Gasteiger charge is 2.21. The summed E-state index contributed by atoms with van der Waals surface area (Å²) < 4.78 is 24.7. The third-order valence-corrected chi connectivity index (χ3v) is 1.63. The number of hydrogen-bond donors (Lipinski definition) is 2. The van der Waals surface area contributed by atoms with Crippen LogP contribution in [0.4, 0.5) is 14.5 Å². The lowest BCUT2D eigenvalue weighted by Gasteiger charge is -2.06. The molecule has 1 aromatic rings. The van der Waals surface area contributed by atoms with Crippen LogP contribution >= 0.6 is 0 Å². The number of aromatic carboxylic acids is 1. The van der Waals surface area contributed by atoms with Crippen molar-refractivity contribution >= 4 is 11.7 Å². The Labute approximate surface area is 82.8 Å². The Morgan fingerprint density at radius 2 is 2.27 bits per heavy atom. The fraction of sp³-hybridized carbons (Fsp3) is 0.125. The SMILES string of the molecule is N#Cc1nc(C(=O)O)c(C(F)F)cc1N. The first kappa shape index (κ1) is 10.8. The summed E-state index contributed by atoms with van der Waals surface area (Å²) in [5.74, 6) is -1.62. The highest BCUT2D eigenvalue weighted by atomic mass is 19.3. The molecule has 0 unspecified atom stereocenters. The molecule has 0 amide bonds. The van der Waals surface area contributed by atoms with Gasteiger partial charge in [0.05, 0.1) is 11.3 Å². The van der Waals surface area contributed by atoms with Gasteiger partial charge in [0.2, 0.25) is 0 Å². The van der Waals surface area contributed by atoms with Gasteiger partial charge < -0.3 is 10.8 Å². The van der Waals surface area contributed by atoms with Crippen molar-refractivity contribution in [2.24, 2.45) is 0 Å². The lowest BCUT2D eigenvalue weighted by molar-refractivity contribution is 0.0677. The molecule has 0 aliphatic heterocycles. The van der Waals surface area contributed by atoms with Gasteiger partial charge in [-0.05, 0) is 6.07 Å². The smallest absolute Gasteiger partial charge is 0.355 e. The van der Waals surface area contributed by atoms with Crippen LogP contribution in [0, 0.1) is 11.3 Å². The number of nitriles is 1. The summed E-state index contributed by atoms with van der Waals surface area (Å²) in [4.78, 5) is 13.8. The van der Waals surface area contributed by atoms with Crippen LogP contribution in [0.1, 0.15) is 28.2 Å². The Morgan fingerprint density at radius 3 is 2.67 bits per heavy atom. The summed E-state index contributed by atoms with van der Waals surface area (Å²) in [6, 6.07) is 2.26. The maximum atomic E-state index is 12.4. The van der Waals surface area contributed by atoms with E-state index < -0.39 is 23.7 Å². The lowest BCUT2D eigenvalue weighted by Crippen LogP contribution is -2.09. The molecule has 0 bridgehead atoms. The van der Waals surface area contributed by atoms with Crippen molar-refractivity contribution in [1.82, 2.24) is 4.98 Å². The van der Waals surface area contributed by atoms with Gasteiger partial charge in [0.25, 0.3) is 6.43 Å². The molecule has 15 heavy (non-hydrogen) atoms. The molecule has 3 N–H and O–H groups in total. The summed E-state index contributed by atoms with van der Waals surface area (Å²) in [5.41, 5.74) is 2.94. The Hall–Kier alpha value is -2.23. The van der Waals surface area contributed by atoms with E-state index in [0.717, 1.165) is 6.07 Å². The Kier molecular flexibility index (Phi) is 2.80. The number of pyridine rings is 1. The summed E-state index contributed by atoms with van der Waals surface area (Å²) in [7, 11) is 0. The summed E-state index contributed by atoms with van der Waals surface area (Å²) in [5, 5.41) is 17.1. The molecule has 1 rings (SSSR count). The minimum atomic E-state index is -3.00. The van der Waals surface area contributed by atoms with Gasteiger partial charge in [0.1, 0.15) is 6.07 Å². The van der Waals surface area contributed by atoms with E-state index in [-0.39, 0.29) is 11.4 Å². The molecular weight excluding hydrogens is 208 g/mol. The van der Waals surface area contributed by atoms with Crippen molar-refractivity contribution in [3.05, 3.63) is 23.0 Å². The fourth-order valence-corrected chi connectivity index (χ4v) is 0.972. The van der Waals surface area contributed by atoms with Gasteiger partial charge in [-0.1, -0.05) is 0 Å². The van der Waals surface area contributed by atoms with Crippen molar-refractivity contribution in [1.29, 1.82) is 5.26 Å². The molecule has 0 aliphatic rings. The number of carboxylic acid groups (broad SMARTS) is 1. The second-order valence-corrected chi connectivity index (χ2v) is 2.58. The predicted octanol–water partition coefficient (Wildman–Crippen LogP) is 1.17. The minimum Gasteiger partial charge on any atom is -0.476 e. The van der Waals surface area contributed by atoms with Crippen LogP contribution < -0.4 is 5.73 Å². The van der Waals surface area contributed by atoms with E-state index >= 15 is 0 Å². The average molecular weight is 213 g/mol. The quantitative estimate of drug-likeness (QED) is 0.767. The van der Waals surface area contributed by atoms with Gasteiger partial charge in [-0.15, -0.1) is 0 Å². The molecule has 0 aliphatic carbocycles. The number of aromatic nitrogens is 1. The second kappa shape index (κ2) is 3.88. The summed E-state index contributed by atoms with van der Waals surface area (Å²) in [6.45, 7) is 0. The second-order valence-electron chi connectivity index (χ2n) is 2.58. The standard InChI is InChI=1S/C8H5F2N3O2/c9-7(10)3-1-4(12)5(2-11)13-6(3)8(14)15/h1,7H,12H2,(H,14,15). The Balaban J connectivity index is 3.47. The topological polar surface area (TPSA) is 100 Å². The molecule has 0 atom stereocenters. The molecule has 1 aromatic heterocycles. The summed E-state index contributed by atoms with van der Waals surface area (Å²) >= 11 is 0. The first-order valence-corrected chi connectivity index (χ1v) is 3.69. The third-order valence-electron chi connectivity index (χ3n) is 1.63. The molecule has 0 spiro atoms. The Morgan fingerprint density at radius 1 is 1.67 bits per heavy atom. The van der Waals surface area contributed by atoms with Crippen LogP contribution in [0.25, 0.3) is 0 Å². The Bertz CT molecular complexity index is 454. The molecule has 0 aromatic carbocycles.